The summed E-state index contributed by atoms with van der Waals surface area (Å²) in [6.07, 6.45) is 5.67. The van der Waals surface area contributed by atoms with Crippen molar-refractivity contribution in [2.45, 2.75) is 52.1 Å². The molecule has 1 aliphatic carbocycles. The zero-order valence-corrected chi connectivity index (χ0v) is 12.8. The lowest BCUT2D eigenvalue weighted by molar-refractivity contribution is -0.385. The van der Waals surface area contributed by atoms with Crippen LogP contribution in [0.15, 0.2) is 18.2 Å². The molecule has 0 saturated heterocycles. The van der Waals surface area contributed by atoms with Gasteiger partial charge < -0.3 is 10.1 Å². The predicted octanol–water partition coefficient (Wildman–Crippen LogP) is 4.37. The van der Waals surface area contributed by atoms with Crippen LogP contribution in [0.5, 0.6) is 5.75 Å². The molecule has 0 spiro atoms. The molecular weight excluding hydrogens is 268 g/mol. The van der Waals surface area contributed by atoms with Gasteiger partial charge in [-0.25, -0.2) is 0 Å². The van der Waals surface area contributed by atoms with Gasteiger partial charge in [0.15, 0.2) is 5.75 Å². The van der Waals surface area contributed by atoms with E-state index in [-0.39, 0.29) is 16.7 Å². The third kappa shape index (κ3) is 3.65. The second-order valence-corrected chi connectivity index (χ2v) is 5.55. The molecule has 1 aromatic carbocycles. The number of benzene rings is 1. The van der Waals surface area contributed by atoms with Crippen molar-refractivity contribution in [3.63, 3.8) is 0 Å². The minimum Gasteiger partial charge on any atom is -0.483 e. The molecule has 0 bridgehead atoms. The first-order chi connectivity index (χ1) is 10.2. The first-order valence-electron chi connectivity index (χ1n) is 7.85. The fraction of sp³-hybridized carbons (Fsp3) is 0.625. The van der Waals surface area contributed by atoms with E-state index >= 15 is 0 Å². The maximum atomic E-state index is 11.4. The quantitative estimate of drug-likeness (QED) is 0.624. The molecule has 0 radical (unpaired) electrons. The van der Waals surface area contributed by atoms with Crippen molar-refractivity contribution < 1.29 is 9.66 Å². The van der Waals surface area contributed by atoms with Crippen molar-refractivity contribution in [2.24, 2.45) is 5.92 Å². The van der Waals surface area contributed by atoms with Crippen LogP contribution >= 0.6 is 0 Å². The van der Waals surface area contributed by atoms with Crippen LogP contribution in [-0.2, 0) is 0 Å². The van der Waals surface area contributed by atoms with Crippen molar-refractivity contribution in [3.05, 3.63) is 28.3 Å². The van der Waals surface area contributed by atoms with Gasteiger partial charge in [-0.3, -0.25) is 10.1 Å². The molecule has 0 aliphatic heterocycles. The topological polar surface area (TPSA) is 64.4 Å². The van der Waals surface area contributed by atoms with Gasteiger partial charge in [-0.2, -0.15) is 0 Å². The number of rotatable bonds is 6. The molecule has 1 N–H and O–H groups in total. The Morgan fingerprint density at radius 3 is 2.76 bits per heavy atom. The van der Waals surface area contributed by atoms with Crippen LogP contribution < -0.4 is 10.1 Å². The van der Waals surface area contributed by atoms with Gasteiger partial charge in [-0.1, -0.05) is 19.4 Å². The van der Waals surface area contributed by atoms with Crippen molar-refractivity contribution >= 4 is 11.4 Å². The first-order valence-corrected chi connectivity index (χ1v) is 7.85. The van der Waals surface area contributed by atoms with Crippen LogP contribution in [0.3, 0.4) is 0 Å². The van der Waals surface area contributed by atoms with Crippen LogP contribution in [-0.4, -0.2) is 17.6 Å². The van der Waals surface area contributed by atoms with Crippen LogP contribution in [0.4, 0.5) is 11.4 Å². The molecule has 1 fully saturated rings. The zero-order chi connectivity index (χ0) is 15.2. The third-order valence-electron chi connectivity index (χ3n) is 4.19. The Hall–Kier alpha value is -1.78. The number of nitrogens with one attached hydrogen (secondary N) is 1. The summed E-state index contributed by atoms with van der Waals surface area (Å²) in [6, 6.07) is 5.25. The number of hydrogen-bond donors (Lipinski definition) is 1. The van der Waals surface area contributed by atoms with Crippen LogP contribution in [0.25, 0.3) is 0 Å². The molecule has 1 saturated carbocycles. The molecule has 2 atom stereocenters. The lowest BCUT2D eigenvalue weighted by Gasteiger charge is -2.31. The fourth-order valence-electron chi connectivity index (χ4n) is 3.10. The lowest BCUT2D eigenvalue weighted by Crippen LogP contribution is -2.30. The number of ether oxygens (including phenoxy) is 1. The summed E-state index contributed by atoms with van der Waals surface area (Å²) in [6.45, 7) is 4.73. The van der Waals surface area contributed by atoms with Gasteiger partial charge in [0.1, 0.15) is 11.8 Å². The summed E-state index contributed by atoms with van der Waals surface area (Å²) in [5.41, 5.74) is 0.587. The van der Waals surface area contributed by atoms with Crippen molar-refractivity contribution in [3.8, 4) is 5.75 Å². The van der Waals surface area contributed by atoms with Gasteiger partial charge in [0.2, 0.25) is 0 Å². The van der Waals surface area contributed by atoms with E-state index in [0.29, 0.717) is 23.9 Å². The summed E-state index contributed by atoms with van der Waals surface area (Å²) >= 11 is 0. The van der Waals surface area contributed by atoms with E-state index in [1.807, 2.05) is 13.0 Å². The van der Waals surface area contributed by atoms with Crippen molar-refractivity contribution in [1.29, 1.82) is 0 Å². The highest BCUT2D eigenvalue weighted by atomic mass is 16.6. The van der Waals surface area contributed by atoms with Crippen molar-refractivity contribution in [2.75, 3.05) is 11.9 Å². The van der Waals surface area contributed by atoms with Gasteiger partial charge in [0.05, 0.1) is 4.92 Å². The molecule has 21 heavy (non-hydrogen) atoms. The Morgan fingerprint density at radius 1 is 1.33 bits per heavy atom. The summed E-state index contributed by atoms with van der Waals surface area (Å²) in [4.78, 5) is 11.0. The highest BCUT2D eigenvalue weighted by molar-refractivity contribution is 5.68. The van der Waals surface area contributed by atoms with E-state index in [9.17, 15) is 10.1 Å². The number of hydrogen-bond acceptors (Lipinski definition) is 4. The van der Waals surface area contributed by atoms with Gasteiger partial charge in [0, 0.05) is 6.54 Å². The number of nitro groups is 1. The maximum Gasteiger partial charge on any atom is 0.333 e. The minimum absolute atomic E-state index is 0.0553. The molecule has 0 heterocycles. The van der Waals surface area contributed by atoms with E-state index < -0.39 is 0 Å². The van der Waals surface area contributed by atoms with E-state index in [4.69, 9.17) is 4.74 Å². The van der Waals surface area contributed by atoms with Crippen LogP contribution in [0.2, 0.25) is 0 Å². The van der Waals surface area contributed by atoms with E-state index in [2.05, 4.69) is 12.2 Å². The normalized spacial score (nSPS) is 21.8. The van der Waals surface area contributed by atoms with Crippen molar-refractivity contribution in [1.82, 2.24) is 0 Å². The standard InChI is InChI=1S/C16H24N2O3/c1-3-12-8-5-6-10-14(12)21-15-11-7-9-13(17-4-2)16(15)18(19)20/h7,9,11-12,14,17H,3-6,8,10H2,1-2H3. The maximum absolute atomic E-state index is 11.4. The molecule has 2 unspecified atom stereocenters. The summed E-state index contributed by atoms with van der Waals surface area (Å²) in [7, 11) is 0. The van der Waals surface area contributed by atoms with Crippen LogP contribution in [0, 0.1) is 16.0 Å². The summed E-state index contributed by atoms with van der Waals surface area (Å²) in [5, 5.41) is 14.4. The average molecular weight is 292 g/mol. The number of anilines is 1. The van der Waals surface area contributed by atoms with Gasteiger partial charge in [-0.15, -0.1) is 0 Å². The number of nitro benzene ring substituents is 1. The highest BCUT2D eigenvalue weighted by Crippen LogP contribution is 2.38. The second-order valence-electron chi connectivity index (χ2n) is 5.55. The molecule has 5 nitrogen and oxygen atoms in total. The molecule has 5 heteroatoms. The molecule has 1 aliphatic rings. The SMILES string of the molecule is CCNc1cccc(OC2CCCCC2CC)c1[N+](=O)[O-]. The van der Waals surface area contributed by atoms with E-state index in [1.54, 1.807) is 12.1 Å². The Balaban J connectivity index is 2.26. The Morgan fingerprint density at radius 2 is 2.10 bits per heavy atom. The van der Waals surface area contributed by atoms with Crippen LogP contribution in [0.1, 0.15) is 46.0 Å². The lowest BCUT2D eigenvalue weighted by atomic mass is 9.85. The molecule has 116 valence electrons. The zero-order valence-electron chi connectivity index (χ0n) is 12.8. The van der Waals surface area contributed by atoms with E-state index in [1.165, 1.54) is 6.42 Å². The van der Waals surface area contributed by atoms with Gasteiger partial charge in [-0.05, 0) is 50.7 Å². The monoisotopic (exact) mass is 292 g/mol. The molecular formula is C16H24N2O3. The first kappa shape index (κ1) is 15.6. The van der Waals surface area contributed by atoms with Gasteiger partial charge in [0.25, 0.3) is 0 Å². The van der Waals surface area contributed by atoms with E-state index in [0.717, 1.165) is 25.7 Å². The molecule has 0 amide bonds. The Kier molecular flexibility index (Phi) is 5.42. The van der Waals surface area contributed by atoms with Gasteiger partial charge >= 0.3 is 5.69 Å². The second kappa shape index (κ2) is 7.29. The summed E-state index contributed by atoms with van der Waals surface area (Å²) < 4.78 is 6.06. The Labute approximate surface area is 125 Å². The molecule has 2 rings (SSSR count). The average Bonchev–Trinajstić information content (AvgIpc) is 2.48. The number of nitrogens with zero attached hydrogens (tertiary/aromatic N) is 1. The fourth-order valence-corrected chi connectivity index (χ4v) is 3.10. The third-order valence-corrected chi connectivity index (χ3v) is 4.19. The number of para-hydroxylation sites is 1. The molecule has 1 aromatic rings. The Bertz CT molecular complexity index is 490. The minimum atomic E-state index is -0.350. The largest absolute Gasteiger partial charge is 0.483 e. The highest BCUT2D eigenvalue weighted by Gasteiger charge is 2.29. The summed E-state index contributed by atoms with van der Waals surface area (Å²) in [5.74, 6) is 0.893. The predicted molar refractivity (Wildman–Crippen MR) is 83.9 cm³/mol. The molecule has 0 aromatic heterocycles. The smallest absolute Gasteiger partial charge is 0.333 e.